The van der Waals surface area contributed by atoms with Crippen LogP contribution in [-0.2, 0) is 29.0 Å². The lowest BCUT2D eigenvalue weighted by Crippen LogP contribution is -2.52. The Morgan fingerprint density at radius 2 is 1.57 bits per heavy atom. The van der Waals surface area contributed by atoms with Crippen LogP contribution in [0.3, 0.4) is 0 Å². The van der Waals surface area contributed by atoms with Crippen molar-refractivity contribution in [3.8, 4) is 22.6 Å². The molecule has 0 radical (unpaired) electrons. The molecule has 2 aliphatic heterocycles. The number of aromatic nitrogens is 1. The number of unbranched alkanes of at least 4 members (excludes halogenated alkanes) is 2. The Morgan fingerprint density at radius 1 is 0.750 bits per heavy atom. The van der Waals surface area contributed by atoms with E-state index in [-0.39, 0.29) is 24.2 Å². The summed E-state index contributed by atoms with van der Waals surface area (Å²) in [7, 11) is 0. The molecule has 0 bridgehead atoms. The maximum absolute atomic E-state index is 13.2. The lowest BCUT2D eigenvalue weighted by Gasteiger charge is -2.34. The number of aromatic hydroxyl groups is 1. The standard InChI is InChI=1S/C48H45N3O5/c52-37-15-20-40-34(26-37)13-18-39(30-7-3-1-4-8-30)46(40)31-10-16-38(17-11-31)56-24-6-2-5-9-35-28-49-43-21-14-33(27-42(35)43)32-12-19-41-36(25-32)29-51(48(41)55)44-22-23-45(53)50-47(44)54/h1,3-4,7-8,10-12,14-17,19-21,25-28,39,44,46,49,52H,2,5-6,9,13,18,22-24,29H2,(H,50,53,54)/t39-,44+,46+/m1/s1. The molecule has 8 heteroatoms. The molecule has 0 spiro atoms. The number of aryl methyl sites for hydroxylation is 2. The fraction of sp³-hybridized carbons (Fsp3) is 0.271. The van der Waals surface area contributed by atoms with E-state index in [2.05, 4.69) is 101 Å². The summed E-state index contributed by atoms with van der Waals surface area (Å²) in [5.74, 6) is 0.962. The van der Waals surface area contributed by atoms with Crippen molar-refractivity contribution >= 4 is 28.6 Å². The Bertz CT molecular complexity index is 2440. The van der Waals surface area contributed by atoms with Crippen LogP contribution >= 0.6 is 0 Å². The van der Waals surface area contributed by atoms with Gasteiger partial charge in [-0.1, -0.05) is 60.7 Å². The first kappa shape index (κ1) is 35.5. The van der Waals surface area contributed by atoms with Crippen LogP contribution in [0.5, 0.6) is 11.5 Å². The smallest absolute Gasteiger partial charge is 0.255 e. The topological polar surface area (TPSA) is 112 Å². The number of benzene rings is 5. The van der Waals surface area contributed by atoms with Crippen molar-refractivity contribution in [1.29, 1.82) is 0 Å². The van der Waals surface area contributed by atoms with Gasteiger partial charge in [-0.3, -0.25) is 19.7 Å². The van der Waals surface area contributed by atoms with E-state index >= 15 is 0 Å². The number of phenolic OH excluding ortho intramolecular Hbond substituents is 1. The minimum Gasteiger partial charge on any atom is -0.508 e. The second kappa shape index (κ2) is 15.2. The number of nitrogens with zero attached hydrogens (tertiary/aromatic N) is 1. The van der Waals surface area contributed by atoms with E-state index in [1.165, 1.54) is 33.2 Å². The van der Waals surface area contributed by atoms with Crippen molar-refractivity contribution in [2.75, 3.05) is 6.61 Å². The summed E-state index contributed by atoms with van der Waals surface area (Å²) in [5, 5.41) is 13.8. The molecule has 1 aliphatic carbocycles. The molecule has 3 N–H and O–H groups in total. The Balaban J connectivity index is 0.799. The fourth-order valence-electron chi connectivity index (χ4n) is 9.15. The van der Waals surface area contributed by atoms with Crippen LogP contribution in [-0.4, -0.2) is 45.4 Å². The summed E-state index contributed by atoms with van der Waals surface area (Å²) in [5.41, 5.74) is 11.2. The quantitative estimate of drug-likeness (QED) is 0.0907. The van der Waals surface area contributed by atoms with Gasteiger partial charge in [-0.15, -0.1) is 0 Å². The van der Waals surface area contributed by atoms with Crippen molar-refractivity contribution in [2.45, 2.75) is 75.8 Å². The van der Waals surface area contributed by atoms with Crippen LogP contribution in [0.4, 0.5) is 0 Å². The molecule has 3 aliphatic rings. The highest BCUT2D eigenvalue weighted by Crippen LogP contribution is 2.47. The van der Waals surface area contributed by atoms with Gasteiger partial charge in [0, 0.05) is 41.5 Å². The number of phenols is 1. The van der Waals surface area contributed by atoms with E-state index in [0.717, 1.165) is 66.5 Å². The van der Waals surface area contributed by atoms with Crippen LogP contribution in [0, 0.1) is 0 Å². The van der Waals surface area contributed by atoms with E-state index < -0.39 is 11.9 Å². The van der Waals surface area contributed by atoms with E-state index in [0.29, 0.717) is 36.8 Å². The maximum Gasteiger partial charge on any atom is 0.255 e. The van der Waals surface area contributed by atoms with Gasteiger partial charge in [-0.05, 0) is 144 Å². The number of rotatable bonds is 11. The molecule has 9 rings (SSSR count). The van der Waals surface area contributed by atoms with Crippen molar-refractivity contribution in [3.63, 3.8) is 0 Å². The third-order valence-corrected chi connectivity index (χ3v) is 12.0. The molecule has 0 saturated carbocycles. The second-order valence-corrected chi connectivity index (χ2v) is 15.5. The van der Waals surface area contributed by atoms with Gasteiger partial charge in [0.25, 0.3) is 5.91 Å². The van der Waals surface area contributed by atoms with Crippen molar-refractivity contribution in [1.82, 2.24) is 15.2 Å². The summed E-state index contributed by atoms with van der Waals surface area (Å²) in [6, 6.07) is 37.0. The van der Waals surface area contributed by atoms with Crippen molar-refractivity contribution in [3.05, 3.63) is 154 Å². The van der Waals surface area contributed by atoms with Gasteiger partial charge in [-0.25, -0.2) is 0 Å². The SMILES string of the molecule is O=C1CC[C@H](N2Cc3cc(-c4ccc5[nH]cc(CCCCCOc6ccc([C@@H]7c8ccc(O)cc8CC[C@@H]7c7ccccc7)cc6)c5c4)ccc3C2=O)C(=O)N1. The third-order valence-electron chi connectivity index (χ3n) is 12.0. The fourth-order valence-corrected chi connectivity index (χ4v) is 9.15. The summed E-state index contributed by atoms with van der Waals surface area (Å²) in [6.45, 7) is 1.02. The first-order valence-electron chi connectivity index (χ1n) is 19.9. The zero-order valence-electron chi connectivity index (χ0n) is 31.3. The molecule has 3 amide bonds. The van der Waals surface area contributed by atoms with Crippen LogP contribution in [0.15, 0.2) is 115 Å². The zero-order valence-corrected chi connectivity index (χ0v) is 31.3. The lowest BCUT2D eigenvalue weighted by molar-refractivity contribution is -0.136. The second-order valence-electron chi connectivity index (χ2n) is 15.5. The normalized spacial score (nSPS) is 19.2. The first-order chi connectivity index (χ1) is 27.4. The van der Waals surface area contributed by atoms with Gasteiger partial charge >= 0.3 is 0 Å². The molecule has 0 unspecified atom stereocenters. The molecule has 8 nitrogen and oxygen atoms in total. The third kappa shape index (κ3) is 6.96. The largest absolute Gasteiger partial charge is 0.508 e. The molecule has 5 aromatic carbocycles. The van der Waals surface area contributed by atoms with Crippen LogP contribution in [0.1, 0.15) is 94.1 Å². The molecule has 3 atom stereocenters. The van der Waals surface area contributed by atoms with Crippen LogP contribution in [0.2, 0.25) is 0 Å². The van der Waals surface area contributed by atoms with Crippen molar-refractivity contribution in [2.24, 2.45) is 0 Å². The molecular formula is C48H45N3O5. The Hall–Kier alpha value is -6.15. The van der Waals surface area contributed by atoms with Crippen LogP contribution < -0.4 is 10.1 Å². The maximum atomic E-state index is 13.2. The number of ether oxygens (including phenoxy) is 1. The summed E-state index contributed by atoms with van der Waals surface area (Å²) >= 11 is 0. The van der Waals surface area contributed by atoms with Gasteiger partial charge in [0.15, 0.2) is 0 Å². The van der Waals surface area contributed by atoms with E-state index in [4.69, 9.17) is 4.74 Å². The molecule has 6 aromatic rings. The minimum absolute atomic E-state index is 0.158. The molecular weight excluding hydrogens is 699 g/mol. The number of piperidine rings is 1. The number of nitrogens with one attached hydrogen (secondary N) is 2. The first-order valence-corrected chi connectivity index (χ1v) is 19.9. The number of carbonyl (C=O) groups excluding carboxylic acids is 3. The van der Waals surface area contributed by atoms with Gasteiger partial charge in [0.2, 0.25) is 11.8 Å². The Kier molecular flexibility index (Phi) is 9.63. The molecule has 1 saturated heterocycles. The number of hydrogen-bond acceptors (Lipinski definition) is 5. The number of aromatic amines is 1. The molecule has 1 aromatic heterocycles. The summed E-state index contributed by atoms with van der Waals surface area (Å²) in [4.78, 5) is 42.4. The number of fused-ring (bicyclic) bond motifs is 3. The van der Waals surface area contributed by atoms with E-state index in [9.17, 15) is 19.5 Å². The van der Waals surface area contributed by atoms with Gasteiger partial charge in [-0.2, -0.15) is 0 Å². The predicted octanol–water partition coefficient (Wildman–Crippen LogP) is 8.96. The molecule has 1 fully saturated rings. The zero-order chi connectivity index (χ0) is 38.2. The Morgan fingerprint density at radius 3 is 2.41 bits per heavy atom. The highest BCUT2D eigenvalue weighted by molar-refractivity contribution is 6.05. The predicted molar refractivity (Wildman–Crippen MR) is 217 cm³/mol. The average molecular weight is 744 g/mol. The average Bonchev–Trinajstić information content (AvgIpc) is 3.78. The van der Waals surface area contributed by atoms with Gasteiger partial charge < -0.3 is 19.7 Å². The number of H-pyrrole nitrogens is 1. The van der Waals surface area contributed by atoms with Gasteiger partial charge in [0.1, 0.15) is 17.5 Å². The molecule has 282 valence electrons. The number of imide groups is 1. The number of hydrogen-bond donors (Lipinski definition) is 3. The summed E-state index contributed by atoms with van der Waals surface area (Å²) in [6.07, 6.45) is 8.73. The number of carbonyl (C=O) groups is 3. The van der Waals surface area contributed by atoms with E-state index in [1.54, 1.807) is 4.90 Å². The van der Waals surface area contributed by atoms with Crippen molar-refractivity contribution < 1.29 is 24.2 Å². The molecule has 3 heterocycles. The van der Waals surface area contributed by atoms with Crippen LogP contribution in [0.25, 0.3) is 22.0 Å². The highest BCUT2D eigenvalue weighted by atomic mass is 16.5. The summed E-state index contributed by atoms with van der Waals surface area (Å²) < 4.78 is 6.21. The monoisotopic (exact) mass is 743 g/mol. The highest BCUT2D eigenvalue weighted by Gasteiger charge is 2.39. The van der Waals surface area contributed by atoms with Gasteiger partial charge in [0.05, 0.1) is 6.61 Å². The Labute approximate surface area is 326 Å². The van der Waals surface area contributed by atoms with E-state index in [1.807, 2.05) is 24.3 Å². The lowest BCUT2D eigenvalue weighted by atomic mass is 9.69. The number of amides is 3. The molecule has 56 heavy (non-hydrogen) atoms. The minimum atomic E-state index is -0.620.